The molecule has 70 valence electrons. The normalized spacial score (nSPS) is 9.62. The van der Waals surface area contributed by atoms with Crippen LogP contribution in [0.4, 0.5) is 0 Å². The minimum absolute atomic E-state index is 0.309. The molecule has 0 spiro atoms. The van der Waals surface area contributed by atoms with Crippen LogP contribution in [0.1, 0.15) is 12.5 Å². The van der Waals surface area contributed by atoms with E-state index in [2.05, 4.69) is 6.58 Å². The average molecular weight is 178 g/mol. The predicted octanol–water partition coefficient (Wildman–Crippen LogP) is 2.70. The van der Waals surface area contributed by atoms with Crippen LogP contribution in [0.5, 0.6) is 5.75 Å². The van der Waals surface area contributed by atoms with Crippen molar-refractivity contribution in [3.63, 3.8) is 0 Å². The first-order chi connectivity index (χ1) is 6.36. The predicted molar refractivity (Wildman–Crippen MR) is 53.7 cm³/mol. The van der Waals surface area contributed by atoms with Crippen molar-refractivity contribution in [2.45, 2.75) is 6.92 Å². The first kappa shape index (κ1) is 9.81. The smallest absolute Gasteiger partial charge is 0.189 e. The minimum Gasteiger partial charge on any atom is -0.468 e. The van der Waals surface area contributed by atoms with Gasteiger partial charge in [0.15, 0.2) is 6.79 Å². The highest BCUT2D eigenvalue weighted by molar-refractivity contribution is 5.48. The second-order valence-corrected chi connectivity index (χ2v) is 2.53. The van der Waals surface area contributed by atoms with E-state index in [-0.39, 0.29) is 0 Å². The molecular formula is C11H14O2. The quantitative estimate of drug-likeness (QED) is 0.510. The summed E-state index contributed by atoms with van der Waals surface area (Å²) in [5, 5.41) is 0. The number of hydrogen-bond donors (Lipinski definition) is 0. The molecule has 0 aromatic heterocycles. The molecule has 2 heteroatoms. The molecule has 13 heavy (non-hydrogen) atoms. The summed E-state index contributed by atoms with van der Waals surface area (Å²) in [4.78, 5) is 0. The molecule has 0 atom stereocenters. The summed E-state index contributed by atoms with van der Waals surface area (Å²) in [7, 11) is 0. The number of rotatable bonds is 5. The third-order valence-corrected chi connectivity index (χ3v) is 1.63. The summed E-state index contributed by atoms with van der Waals surface area (Å²) in [5.41, 5.74) is 1.09. The van der Waals surface area contributed by atoms with Gasteiger partial charge in [0, 0.05) is 6.61 Å². The highest BCUT2D eigenvalue weighted by Crippen LogP contribution is 2.12. The molecule has 0 saturated carbocycles. The van der Waals surface area contributed by atoms with E-state index >= 15 is 0 Å². The Kier molecular flexibility index (Phi) is 4.06. The van der Waals surface area contributed by atoms with Crippen LogP contribution < -0.4 is 4.74 Å². The molecule has 0 aliphatic heterocycles. The lowest BCUT2D eigenvalue weighted by atomic mass is 10.2. The second kappa shape index (κ2) is 5.38. The summed E-state index contributed by atoms with van der Waals surface area (Å²) in [5.74, 6) is 0.819. The van der Waals surface area contributed by atoms with Gasteiger partial charge in [-0.15, -0.1) is 0 Å². The van der Waals surface area contributed by atoms with Crippen LogP contribution in [0.2, 0.25) is 0 Å². The molecule has 0 aliphatic carbocycles. The van der Waals surface area contributed by atoms with Gasteiger partial charge in [-0.05, 0) is 24.6 Å². The Morgan fingerprint density at radius 3 is 2.54 bits per heavy atom. The van der Waals surface area contributed by atoms with Crippen LogP contribution in [0.3, 0.4) is 0 Å². The fourth-order valence-corrected chi connectivity index (χ4v) is 0.893. The maximum atomic E-state index is 5.29. The van der Waals surface area contributed by atoms with Gasteiger partial charge in [-0.1, -0.05) is 24.8 Å². The zero-order valence-electron chi connectivity index (χ0n) is 7.82. The lowest BCUT2D eigenvalue weighted by molar-refractivity contribution is 0.0224. The lowest BCUT2D eigenvalue weighted by Crippen LogP contribution is -2.01. The van der Waals surface area contributed by atoms with Crippen molar-refractivity contribution in [2.24, 2.45) is 0 Å². The van der Waals surface area contributed by atoms with E-state index in [4.69, 9.17) is 9.47 Å². The molecule has 0 heterocycles. The topological polar surface area (TPSA) is 18.5 Å². The molecule has 2 nitrogen and oxygen atoms in total. The molecule has 0 unspecified atom stereocenters. The molecule has 0 saturated heterocycles. The molecule has 0 fully saturated rings. The van der Waals surface area contributed by atoms with Crippen LogP contribution in [0, 0.1) is 0 Å². The van der Waals surface area contributed by atoms with Crippen molar-refractivity contribution in [1.29, 1.82) is 0 Å². The Morgan fingerprint density at radius 1 is 1.31 bits per heavy atom. The van der Waals surface area contributed by atoms with E-state index in [1.165, 1.54) is 0 Å². The fourth-order valence-electron chi connectivity index (χ4n) is 0.893. The monoisotopic (exact) mass is 178 g/mol. The van der Waals surface area contributed by atoms with Crippen molar-refractivity contribution in [3.05, 3.63) is 36.4 Å². The molecule has 0 aliphatic rings. The summed E-state index contributed by atoms with van der Waals surface area (Å²) in [6.45, 7) is 6.59. The van der Waals surface area contributed by atoms with Gasteiger partial charge in [-0.3, -0.25) is 0 Å². The van der Waals surface area contributed by atoms with Gasteiger partial charge < -0.3 is 9.47 Å². The van der Waals surface area contributed by atoms with Crippen molar-refractivity contribution >= 4 is 6.08 Å². The molecular weight excluding hydrogens is 164 g/mol. The first-order valence-corrected chi connectivity index (χ1v) is 4.30. The third-order valence-electron chi connectivity index (χ3n) is 1.63. The molecule has 0 radical (unpaired) electrons. The number of ether oxygens (including phenoxy) is 2. The van der Waals surface area contributed by atoms with Gasteiger partial charge >= 0.3 is 0 Å². The average Bonchev–Trinajstić information content (AvgIpc) is 2.19. The zero-order chi connectivity index (χ0) is 9.52. The highest BCUT2D eigenvalue weighted by atomic mass is 16.7. The van der Waals surface area contributed by atoms with Gasteiger partial charge in [-0.25, -0.2) is 0 Å². The summed E-state index contributed by atoms with van der Waals surface area (Å²) in [6.07, 6.45) is 1.80. The van der Waals surface area contributed by atoms with Gasteiger partial charge in [0.2, 0.25) is 0 Å². The first-order valence-electron chi connectivity index (χ1n) is 4.30. The molecule has 1 rings (SSSR count). The van der Waals surface area contributed by atoms with Gasteiger partial charge in [-0.2, -0.15) is 0 Å². The van der Waals surface area contributed by atoms with Crippen LogP contribution in [-0.4, -0.2) is 13.4 Å². The summed E-state index contributed by atoms with van der Waals surface area (Å²) in [6, 6.07) is 7.70. The van der Waals surface area contributed by atoms with E-state index in [9.17, 15) is 0 Å². The van der Waals surface area contributed by atoms with Crippen molar-refractivity contribution < 1.29 is 9.47 Å². The van der Waals surface area contributed by atoms with Gasteiger partial charge in [0.05, 0.1) is 0 Å². The molecule has 0 amide bonds. The van der Waals surface area contributed by atoms with E-state index in [0.717, 1.165) is 11.3 Å². The molecule has 1 aromatic rings. The zero-order valence-corrected chi connectivity index (χ0v) is 7.82. The molecule has 0 N–H and O–H groups in total. The SMILES string of the molecule is C=Cc1ccc(OCOCC)cc1. The Morgan fingerprint density at radius 2 is 2.00 bits per heavy atom. The standard InChI is InChI=1S/C11H14O2/c1-3-10-5-7-11(8-6-10)13-9-12-4-2/h3,5-8H,1,4,9H2,2H3. The van der Waals surface area contributed by atoms with Crippen LogP contribution in [0.25, 0.3) is 6.08 Å². The highest BCUT2D eigenvalue weighted by Gasteiger charge is 1.91. The Bertz CT molecular complexity index is 251. The Hall–Kier alpha value is -1.28. The molecule has 1 aromatic carbocycles. The van der Waals surface area contributed by atoms with Gasteiger partial charge in [0.1, 0.15) is 5.75 Å². The van der Waals surface area contributed by atoms with Crippen LogP contribution >= 0.6 is 0 Å². The minimum atomic E-state index is 0.309. The van der Waals surface area contributed by atoms with Crippen molar-refractivity contribution in [3.8, 4) is 5.75 Å². The number of hydrogen-bond acceptors (Lipinski definition) is 2. The number of benzene rings is 1. The largest absolute Gasteiger partial charge is 0.468 e. The summed E-state index contributed by atoms with van der Waals surface area (Å²) >= 11 is 0. The van der Waals surface area contributed by atoms with Crippen LogP contribution in [0.15, 0.2) is 30.8 Å². The fraction of sp³-hybridized carbons (Fsp3) is 0.273. The van der Waals surface area contributed by atoms with E-state index in [1.54, 1.807) is 6.08 Å². The van der Waals surface area contributed by atoms with Crippen molar-refractivity contribution in [2.75, 3.05) is 13.4 Å². The maximum Gasteiger partial charge on any atom is 0.189 e. The van der Waals surface area contributed by atoms with E-state index in [1.807, 2.05) is 31.2 Å². The van der Waals surface area contributed by atoms with Gasteiger partial charge in [0.25, 0.3) is 0 Å². The lowest BCUT2D eigenvalue weighted by Gasteiger charge is -2.05. The van der Waals surface area contributed by atoms with E-state index in [0.29, 0.717) is 13.4 Å². The summed E-state index contributed by atoms with van der Waals surface area (Å²) < 4.78 is 10.3. The van der Waals surface area contributed by atoms with E-state index < -0.39 is 0 Å². The Balaban J connectivity index is 2.44. The van der Waals surface area contributed by atoms with Crippen LogP contribution in [-0.2, 0) is 4.74 Å². The molecule has 0 bridgehead atoms. The maximum absolute atomic E-state index is 5.29. The van der Waals surface area contributed by atoms with Crippen molar-refractivity contribution in [1.82, 2.24) is 0 Å². The third kappa shape index (κ3) is 3.30. The second-order valence-electron chi connectivity index (χ2n) is 2.53. The Labute approximate surface area is 78.8 Å².